The average molecular weight is 245 g/mol. The molecule has 0 fully saturated rings. The highest BCUT2D eigenvalue weighted by atomic mass is 16.5. The second-order valence-electron chi connectivity index (χ2n) is 4.43. The van der Waals surface area contributed by atoms with Crippen molar-refractivity contribution >= 4 is 11.7 Å². The quantitative estimate of drug-likeness (QED) is 0.654. The van der Waals surface area contributed by atoms with E-state index in [0.717, 1.165) is 16.8 Å². The number of carbonyl (C=O) groups is 1. The molecule has 0 saturated carbocycles. The lowest BCUT2D eigenvalue weighted by molar-refractivity contribution is -0.142. The molecule has 0 spiro atoms. The Kier molecular flexibility index (Phi) is 4.79. The Bertz CT molecular complexity index is 486. The molecular formula is C15H19NO2. The number of ether oxygens (including phenoxy) is 1. The number of hydrogen-bond donors (Lipinski definition) is 1. The Morgan fingerprint density at radius 2 is 2.11 bits per heavy atom. The van der Waals surface area contributed by atoms with Gasteiger partial charge < -0.3 is 10.1 Å². The van der Waals surface area contributed by atoms with Crippen molar-refractivity contribution in [2.24, 2.45) is 0 Å². The maximum absolute atomic E-state index is 11.6. The first-order valence-corrected chi connectivity index (χ1v) is 5.90. The molecule has 3 heteroatoms. The van der Waals surface area contributed by atoms with E-state index in [-0.39, 0.29) is 12.6 Å². The average Bonchev–Trinajstić information content (AvgIpc) is 2.32. The number of hydrogen-bond acceptors (Lipinski definition) is 3. The molecule has 0 heterocycles. The lowest BCUT2D eigenvalue weighted by atomic mass is 10.0. The molecule has 0 aliphatic carbocycles. The molecule has 0 radical (unpaired) electrons. The van der Waals surface area contributed by atoms with Crippen LogP contribution in [0.25, 0.3) is 0 Å². The molecule has 0 amide bonds. The summed E-state index contributed by atoms with van der Waals surface area (Å²) in [4.78, 5) is 11.6. The predicted octanol–water partition coefficient (Wildman–Crippen LogP) is 2.59. The van der Waals surface area contributed by atoms with E-state index in [2.05, 4.69) is 24.2 Å². The molecular weight excluding hydrogens is 226 g/mol. The van der Waals surface area contributed by atoms with Gasteiger partial charge in [0.15, 0.2) is 6.61 Å². The lowest BCUT2D eigenvalue weighted by Crippen LogP contribution is -2.28. The van der Waals surface area contributed by atoms with Crippen LogP contribution in [0.15, 0.2) is 12.1 Å². The normalized spacial score (nSPS) is 11.5. The van der Waals surface area contributed by atoms with Gasteiger partial charge in [0.2, 0.25) is 0 Å². The summed E-state index contributed by atoms with van der Waals surface area (Å²) < 4.78 is 4.89. The van der Waals surface area contributed by atoms with Gasteiger partial charge in [0.1, 0.15) is 6.04 Å². The van der Waals surface area contributed by atoms with E-state index in [1.54, 1.807) is 6.92 Å². The molecule has 18 heavy (non-hydrogen) atoms. The fourth-order valence-electron chi connectivity index (χ4n) is 1.72. The van der Waals surface area contributed by atoms with E-state index in [9.17, 15) is 4.79 Å². The minimum Gasteiger partial charge on any atom is -0.451 e. The van der Waals surface area contributed by atoms with Crippen molar-refractivity contribution in [3.05, 3.63) is 28.8 Å². The van der Waals surface area contributed by atoms with Gasteiger partial charge in [-0.1, -0.05) is 12.0 Å². The molecule has 0 unspecified atom stereocenters. The lowest BCUT2D eigenvalue weighted by Gasteiger charge is -2.17. The first-order chi connectivity index (χ1) is 8.45. The van der Waals surface area contributed by atoms with Crippen LogP contribution in [-0.2, 0) is 9.53 Å². The molecule has 0 aromatic heterocycles. The van der Waals surface area contributed by atoms with Gasteiger partial charge in [-0.25, -0.2) is 4.79 Å². The van der Waals surface area contributed by atoms with E-state index < -0.39 is 6.04 Å². The van der Waals surface area contributed by atoms with E-state index in [4.69, 9.17) is 11.2 Å². The van der Waals surface area contributed by atoms with Crippen LogP contribution >= 0.6 is 0 Å². The number of terminal acetylenes is 1. The zero-order valence-corrected chi connectivity index (χ0v) is 11.3. The van der Waals surface area contributed by atoms with Crippen LogP contribution in [0.4, 0.5) is 5.69 Å². The number of anilines is 1. The summed E-state index contributed by atoms with van der Waals surface area (Å²) in [6, 6.07) is 3.72. The molecule has 0 bridgehead atoms. The van der Waals surface area contributed by atoms with E-state index in [1.807, 2.05) is 19.9 Å². The highest BCUT2D eigenvalue weighted by molar-refractivity contribution is 5.79. The maximum Gasteiger partial charge on any atom is 0.329 e. The minimum atomic E-state index is -0.418. The molecule has 1 N–H and O–H groups in total. The van der Waals surface area contributed by atoms with Crippen molar-refractivity contribution in [1.82, 2.24) is 0 Å². The largest absolute Gasteiger partial charge is 0.451 e. The summed E-state index contributed by atoms with van der Waals surface area (Å²) in [6.45, 7) is 7.87. The summed E-state index contributed by atoms with van der Waals surface area (Å²) >= 11 is 0. The third-order valence-electron chi connectivity index (χ3n) is 2.84. The molecule has 1 aromatic carbocycles. The summed E-state index contributed by atoms with van der Waals surface area (Å²) in [5.74, 6) is 1.93. The first-order valence-electron chi connectivity index (χ1n) is 5.90. The predicted molar refractivity (Wildman–Crippen MR) is 73.5 cm³/mol. The SMILES string of the molecule is C#CCOC(=O)[C@H](C)Nc1cc(C)cc(C)c1C. The van der Waals surface area contributed by atoms with E-state index >= 15 is 0 Å². The Labute approximate surface area is 109 Å². The molecule has 96 valence electrons. The van der Waals surface area contributed by atoms with Crippen LogP contribution in [0, 0.1) is 33.1 Å². The third-order valence-corrected chi connectivity index (χ3v) is 2.84. The molecule has 0 saturated heterocycles. The fraction of sp³-hybridized carbons (Fsp3) is 0.400. The van der Waals surface area contributed by atoms with Crippen LogP contribution in [0.3, 0.4) is 0 Å². The van der Waals surface area contributed by atoms with Crippen molar-refractivity contribution in [3.8, 4) is 12.3 Å². The van der Waals surface area contributed by atoms with Crippen LogP contribution in [0.5, 0.6) is 0 Å². The van der Waals surface area contributed by atoms with Crippen LogP contribution in [0.2, 0.25) is 0 Å². The summed E-state index contributed by atoms with van der Waals surface area (Å²) in [5.41, 5.74) is 4.45. The van der Waals surface area contributed by atoms with Gasteiger partial charge in [0, 0.05) is 5.69 Å². The second kappa shape index (κ2) is 6.11. The van der Waals surface area contributed by atoms with Gasteiger partial charge in [0.05, 0.1) is 0 Å². The summed E-state index contributed by atoms with van der Waals surface area (Å²) in [5, 5.41) is 3.16. The van der Waals surface area contributed by atoms with Gasteiger partial charge in [-0.2, -0.15) is 0 Å². The highest BCUT2D eigenvalue weighted by Gasteiger charge is 2.15. The van der Waals surface area contributed by atoms with Crippen LogP contribution < -0.4 is 5.32 Å². The van der Waals surface area contributed by atoms with Crippen molar-refractivity contribution in [1.29, 1.82) is 0 Å². The fourth-order valence-corrected chi connectivity index (χ4v) is 1.72. The summed E-state index contributed by atoms with van der Waals surface area (Å²) in [6.07, 6.45) is 5.05. The van der Waals surface area contributed by atoms with Gasteiger partial charge in [-0.3, -0.25) is 0 Å². The Hall–Kier alpha value is -1.95. The monoisotopic (exact) mass is 245 g/mol. The number of benzene rings is 1. The minimum absolute atomic E-state index is 0.0106. The molecule has 1 rings (SSSR count). The van der Waals surface area contributed by atoms with Gasteiger partial charge >= 0.3 is 5.97 Å². The first kappa shape index (κ1) is 14.1. The maximum atomic E-state index is 11.6. The van der Waals surface area contributed by atoms with Gasteiger partial charge in [0.25, 0.3) is 0 Å². The number of nitrogens with one attached hydrogen (secondary N) is 1. The standard InChI is InChI=1S/C15H19NO2/c1-6-7-18-15(17)13(5)16-14-9-10(2)8-11(3)12(14)4/h1,8-9,13,16H,7H2,2-5H3/t13-/m0/s1. The molecule has 3 nitrogen and oxygen atoms in total. The zero-order chi connectivity index (χ0) is 13.7. The topological polar surface area (TPSA) is 38.3 Å². The van der Waals surface area contributed by atoms with Crippen molar-refractivity contribution in [2.75, 3.05) is 11.9 Å². The Morgan fingerprint density at radius 3 is 2.72 bits per heavy atom. The van der Waals surface area contributed by atoms with Gasteiger partial charge in [-0.15, -0.1) is 6.42 Å². The molecule has 1 atom stereocenters. The van der Waals surface area contributed by atoms with Gasteiger partial charge in [-0.05, 0) is 50.5 Å². The van der Waals surface area contributed by atoms with Crippen LogP contribution in [0.1, 0.15) is 23.6 Å². The van der Waals surface area contributed by atoms with Crippen LogP contribution in [-0.4, -0.2) is 18.6 Å². The number of esters is 1. The zero-order valence-electron chi connectivity index (χ0n) is 11.3. The number of carbonyl (C=O) groups excluding carboxylic acids is 1. The smallest absolute Gasteiger partial charge is 0.329 e. The Balaban J connectivity index is 2.79. The second-order valence-corrected chi connectivity index (χ2v) is 4.43. The highest BCUT2D eigenvalue weighted by Crippen LogP contribution is 2.21. The number of aryl methyl sites for hydroxylation is 2. The number of rotatable bonds is 4. The van der Waals surface area contributed by atoms with E-state index in [0.29, 0.717) is 0 Å². The third kappa shape index (κ3) is 3.53. The molecule has 0 aliphatic heterocycles. The van der Waals surface area contributed by atoms with E-state index in [1.165, 1.54) is 5.56 Å². The molecule has 0 aliphatic rings. The summed E-state index contributed by atoms with van der Waals surface area (Å²) in [7, 11) is 0. The van der Waals surface area contributed by atoms with Crippen molar-refractivity contribution in [3.63, 3.8) is 0 Å². The van der Waals surface area contributed by atoms with Crippen molar-refractivity contribution in [2.45, 2.75) is 33.7 Å². The molecule has 1 aromatic rings. The van der Waals surface area contributed by atoms with Crippen molar-refractivity contribution < 1.29 is 9.53 Å². The Morgan fingerprint density at radius 1 is 1.44 bits per heavy atom.